The molecule has 4 heteroatoms. The first-order valence-corrected chi connectivity index (χ1v) is 7.65. The van der Waals surface area contributed by atoms with Crippen molar-refractivity contribution in [2.24, 2.45) is 0 Å². The topological polar surface area (TPSA) is 38.9 Å². The molecule has 0 atom stereocenters. The van der Waals surface area contributed by atoms with Crippen LogP contribution in [0.15, 0.2) is 46.9 Å². The second-order valence-electron chi connectivity index (χ2n) is 3.72. The van der Waals surface area contributed by atoms with E-state index in [0.29, 0.717) is 14.5 Å². The van der Waals surface area contributed by atoms with Crippen LogP contribution >= 0.6 is 15.9 Å². The summed E-state index contributed by atoms with van der Waals surface area (Å²) in [4.78, 5) is 4.68. The number of aromatic nitrogens is 1. The van der Waals surface area contributed by atoms with Crippen molar-refractivity contribution in [3.05, 3.63) is 46.9 Å². The number of halogens is 1. The summed E-state index contributed by atoms with van der Waals surface area (Å²) in [7, 11) is 0. The van der Waals surface area contributed by atoms with Crippen LogP contribution in [0.4, 0.5) is 5.69 Å². The van der Waals surface area contributed by atoms with Crippen molar-refractivity contribution in [3.63, 3.8) is 0 Å². The molecule has 0 amide bonds. The molecule has 0 saturated heterocycles. The Hall–Kier alpha value is -1.09. The summed E-state index contributed by atoms with van der Waals surface area (Å²) < 4.78 is 3.45. The maximum atomic E-state index is 5.79. The van der Waals surface area contributed by atoms with Crippen molar-refractivity contribution >= 4 is 45.9 Å². The Kier molecular flexibility index (Phi) is 2.79. The van der Waals surface area contributed by atoms with E-state index >= 15 is 0 Å². The van der Waals surface area contributed by atoms with Gasteiger partial charge in [0.05, 0.1) is 0 Å². The zero-order valence-corrected chi connectivity index (χ0v) is 12.2. The first-order valence-electron chi connectivity index (χ1n) is 5.15. The van der Waals surface area contributed by atoms with Gasteiger partial charge >= 0.3 is 114 Å². The van der Waals surface area contributed by atoms with Gasteiger partial charge in [0.15, 0.2) is 0 Å². The molecule has 2 N–H and O–H groups in total. The molecule has 0 aliphatic rings. The fourth-order valence-corrected chi connectivity index (χ4v) is 4.05. The van der Waals surface area contributed by atoms with Crippen molar-refractivity contribution in [2.45, 2.75) is 0 Å². The summed E-state index contributed by atoms with van der Waals surface area (Å²) >= 11 is 3.75. The molecule has 0 aliphatic carbocycles. The van der Waals surface area contributed by atoms with E-state index in [-0.39, 0.29) is 0 Å². The number of benzene rings is 2. The third-order valence-corrected chi connectivity index (χ3v) is 5.51. The van der Waals surface area contributed by atoms with Crippen LogP contribution in [0.2, 0.25) is 0 Å². The van der Waals surface area contributed by atoms with Crippen LogP contribution in [0.1, 0.15) is 0 Å². The van der Waals surface area contributed by atoms with Crippen LogP contribution < -0.4 is 5.73 Å². The third-order valence-electron chi connectivity index (χ3n) is 2.54. The van der Waals surface area contributed by atoms with E-state index in [2.05, 4.69) is 39.1 Å². The molecule has 3 aromatic rings. The Morgan fingerprint density at radius 1 is 1.12 bits per heavy atom. The number of anilines is 1. The molecule has 0 radical (unpaired) electrons. The van der Waals surface area contributed by atoms with Crippen LogP contribution in [0.5, 0.6) is 0 Å². The van der Waals surface area contributed by atoms with Gasteiger partial charge in [-0.2, -0.15) is 0 Å². The number of fused-ring (bicyclic) bond motifs is 1. The van der Waals surface area contributed by atoms with Gasteiger partial charge in [0.2, 0.25) is 0 Å². The minimum absolute atomic E-state index is 0.298. The Balaban J connectivity index is 2.17. The van der Waals surface area contributed by atoms with Crippen LogP contribution in [-0.4, -0.2) is 19.5 Å². The normalized spacial score (nSPS) is 10.9. The molecule has 0 spiro atoms. The van der Waals surface area contributed by atoms with Gasteiger partial charge in [0.25, 0.3) is 0 Å². The molecular formula is C13H9BrN2Se. The summed E-state index contributed by atoms with van der Waals surface area (Å²) in [5, 5.41) is 0. The van der Waals surface area contributed by atoms with Gasteiger partial charge in [0.1, 0.15) is 0 Å². The van der Waals surface area contributed by atoms with Gasteiger partial charge < -0.3 is 0 Å². The van der Waals surface area contributed by atoms with Crippen molar-refractivity contribution in [1.82, 2.24) is 4.98 Å². The molecule has 2 aromatic carbocycles. The molecular weight excluding hydrogens is 343 g/mol. The number of para-hydroxylation sites is 1. The van der Waals surface area contributed by atoms with Gasteiger partial charge in [-0.15, -0.1) is 0 Å². The van der Waals surface area contributed by atoms with Crippen LogP contribution in [-0.2, 0) is 0 Å². The summed E-state index contributed by atoms with van der Waals surface area (Å²) in [6, 6.07) is 14.3. The van der Waals surface area contributed by atoms with Gasteiger partial charge in [-0.1, -0.05) is 0 Å². The van der Waals surface area contributed by atoms with Crippen molar-refractivity contribution < 1.29 is 0 Å². The molecule has 84 valence electrons. The summed E-state index contributed by atoms with van der Waals surface area (Å²) in [6.45, 7) is 0. The Morgan fingerprint density at radius 2 is 1.94 bits per heavy atom. The summed E-state index contributed by atoms with van der Waals surface area (Å²) in [5.41, 5.74) is 8.81. The first-order chi connectivity index (χ1) is 8.24. The number of hydrogen-bond acceptors (Lipinski definition) is 2. The van der Waals surface area contributed by atoms with E-state index in [1.54, 1.807) is 0 Å². The van der Waals surface area contributed by atoms with Gasteiger partial charge in [0, 0.05) is 0 Å². The zero-order chi connectivity index (χ0) is 11.8. The van der Waals surface area contributed by atoms with Crippen molar-refractivity contribution in [2.75, 3.05) is 5.73 Å². The average molecular weight is 352 g/mol. The van der Waals surface area contributed by atoms with Crippen molar-refractivity contribution in [1.29, 1.82) is 0 Å². The van der Waals surface area contributed by atoms with Crippen LogP contribution in [0.3, 0.4) is 0 Å². The number of nitrogens with zero attached hydrogens (tertiary/aromatic N) is 1. The third kappa shape index (κ3) is 2.04. The fraction of sp³-hybridized carbons (Fsp3) is 0. The quantitative estimate of drug-likeness (QED) is 0.539. The van der Waals surface area contributed by atoms with E-state index in [9.17, 15) is 0 Å². The molecule has 3 rings (SSSR count). The monoisotopic (exact) mass is 352 g/mol. The van der Waals surface area contributed by atoms with E-state index in [0.717, 1.165) is 21.2 Å². The second-order valence-corrected chi connectivity index (χ2v) is 6.74. The predicted molar refractivity (Wildman–Crippen MR) is 76.2 cm³/mol. The second kappa shape index (κ2) is 4.30. The summed E-state index contributed by atoms with van der Waals surface area (Å²) in [6.07, 6.45) is 0. The van der Waals surface area contributed by atoms with Crippen molar-refractivity contribution in [3.8, 4) is 10.1 Å². The van der Waals surface area contributed by atoms with E-state index < -0.39 is 0 Å². The minimum atomic E-state index is 0.298. The van der Waals surface area contributed by atoms with Crippen LogP contribution in [0.25, 0.3) is 19.9 Å². The molecule has 1 aromatic heterocycles. The first kappa shape index (κ1) is 11.0. The molecule has 0 unspecified atom stereocenters. The molecule has 2 nitrogen and oxygen atoms in total. The predicted octanol–water partition coefficient (Wildman–Crippen LogP) is 3.30. The number of rotatable bonds is 1. The SMILES string of the molecule is Nc1ccc(-c2nc3ccccc3[se]2)cc1Br. The molecule has 0 aliphatic heterocycles. The van der Waals surface area contributed by atoms with E-state index in [4.69, 9.17) is 5.73 Å². The van der Waals surface area contributed by atoms with Gasteiger partial charge in [-0.05, 0) is 0 Å². The Bertz CT molecular complexity index is 658. The molecule has 0 bridgehead atoms. The summed E-state index contributed by atoms with van der Waals surface area (Å²) in [5.74, 6) is 0. The van der Waals surface area contributed by atoms with Gasteiger partial charge in [-0.25, -0.2) is 0 Å². The maximum absolute atomic E-state index is 5.79. The fourth-order valence-electron chi connectivity index (χ4n) is 1.66. The number of hydrogen-bond donors (Lipinski definition) is 1. The Morgan fingerprint density at radius 3 is 2.71 bits per heavy atom. The van der Waals surface area contributed by atoms with E-state index in [1.165, 1.54) is 8.83 Å². The molecule has 1 heterocycles. The standard InChI is InChI=1S/C13H9BrN2Se/c14-9-7-8(5-6-10(9)15)13-16-11-3-1-2-4-12(11)17-13/h1-7H,15H2. The average Bonchev–Trinajstić information content (AvgIpc) is 2.76. The molecule has 0 saturated carbocycles. The van der Waals surface area contributed by atoms with E-state index in [1.807, 2.05) is 24.3 Å². The number of nitrogen functional groups attached to an aromatic ring is 1. The number of nitrogens with two attached hydrogens (primary N) is 1. The zero-order valence-electron chi connectivity index (χ0n) is 8.85. The molecule has 0 fully saturated rings. The van der Waals surface area contributed by atoms with Gasteiger partial charge in [-0.3, -0.25) is 0 Å². The van der Waals surface area contributed by atoms with Crippen LogP contribution in [0, 0.1) is 0 Å². The Labute approximate surface area is 113 Å². The molecule has 17 heavy (non-hydrogen) atoms.